The first-order valence-electron chi connectivity index (χ1n) is 10.4. The summed E-state index contributed by atoms with van der Waals surface area (Å²) in [6, 6.07) is 5.90. The van der Waals surface area contributed by atoms with Crippen molar-refractivity contribution >= 4 is 11.6 Å². The van der Waals surface area contributed by atoms with E-state index >= 15 is 0 Å². The predicted molar refractivity (Wildman–Crippen MR) is 118 cm³/mol. The van der Waals surface area contributed by atoms with Crippen LogP contribution >= 0.6 is 0 Å². The summed E-state index contributed by atoms with van der Waals surface area (Å²) >= 11 is 0. The first-order valence-corrected chi connectivity index (χ1v) is 10.4. The van der Waals surface area contributed by atoms with Crippen LogP contribution in [0.15, 0.2) is 23.0 Å². The second kappa shape index (κ2) is 9.72. The lowest BCUT2D eigenvalue weighted by molar-refractivity contribution is 0.102. The standard InChI is InChI=1S/C24H34N2O2/c1-7-9-10-11-15-26-19(6)21(23(27)18(5)20(26)8-2)24(28)25-22-16(3)13-12-14-17(22)4/h12-14H,7-11,15H2,1-6H3,(H,25,28). The van der Waals surface area contributed by atoms with Crippen LogP contribution < -0.4 is 10.7 Å². The lowest BCUT2D eigenvalue weighted by atomic mass is 10.0. The summed E-state index contributed by atoms with van der Waals surface area (Å²) in [4.78, 5) is 26.1. The fraction of sp³-hybridized carbons (Fsp3) is 0.500. The van der Waals surface area contributed by atoms with Crippen molar-refractivity contribution in [3.8, 4) is 0 Å². The quantitative estimate of drug-likeness (QED) is 0.615. The van der Waals surface area contributed by atoms with Gasteiger partial charge in [-0.3, -0.25) is 9.59 Å². The van der Waals surface area contributed by atoms with Crippen molar-refractivity contribution in [3.05, 3.63) is 62.1 Å². The van der Waals surface area contributed by atoms with Gasteiger partial charge in [0.25, 0.3) is 5.91 Å². The summed E-state index contributed by atoms with van der Waals surface area (Å²) in [5.41, 5.74) is 5.40. The van der Waals surface area contributed by atoms with E-state index in [0.717, 1.165) is 54.0 Å². The molecule has 1 aromatic heterocycles. The summed E-state index contributed by atoms with van der Waals surface area (Å²) in [6.07, 6.45) is 5.40. The first kappa shape index (κ1) is 21.9. The van der Waals surface area contributed by atoms with E-state index in [0.29, 0.717) is 5.56 Å². The molecule has 0 unspecified atom stereocenters. The first-order chi connectivity index (χ1) is 13.3. The van der Waals surface area contributed by atoms with E-state index in [1.807, 2.05) is 45.9 Å². The van der Waals surface area contributed by atoms with Crippen molar-refractivity contribution in [2.45, 2.75) is 80.2 Å². The van der Waals surface area contributed by atoms with Crippen molar-refractivity contribution in [1.29, 1.82) is 0 Å². The monoisotopic (exact) mass is 382 g/mol. The highest BCUT2D eigenvalue weighted by Crippen LogP contribution is 2.21. The van der Waals surface area contributed by atoms with Crippen molar-refractivity contribution in [3.63, 3.8) is 0 Å². The molecule has 0 spiro atoms. The highest BCUT2D eigenvalue weighted by molar-refractivity contribution is 6.05. The molecule has 4 heteroatoms. The summed E-state index contributed by atoms with van der Waals surface area (Å²) in [7, 11) is 0. The number of pyridine rings is 1. The number of anilines is 1. The lowest BCUT2D eigenvalue weighted by Crippen LogP contribution is -2.30. The zero-order valence-corrected chi connectivity index (χ0v) is 18.2. The maximum atomic E-state index is 13.1. The number of benzene rings is 1. The molecule has 4 nitrogen and oxygen atoms in total. The van der Waals surface area contributed by atoms with Crippen molar-refractivity contribution in [2.24, 2.45) is 0 Å². The fourth-order valence-corrected chi connectivity index (χ4v) is 3.93. The van der Waals surface area contributed by atoms with Crippen molar-refractivity contribution in [1.82, 2.24) is 4.57 Å². The van der Waals surface area contributed by atoms with Gasteiger partial charge < -0.3 is 9.88 Å². The van der Waals surface area contributed by atoms with Gasteiger partial charge in [0.15, 0.2) is 5.43 Å². The zero-order chi connectivity index (χ0) is 20.8. The van der Waals surface area contributed by atoms with Gasteiger partial charge in [-0.25, -0.2) is 0 Å². The Labute approximate surface area is 169 Å². The molecule has 0 aliphatic carbocycles. The third kappa shape index (κ3) is 4.54. The number of nitrogens with zero attached hydrogens (tertiary/aromatic N) is 1. The van der Waals surface area contributed by atoms with E-state index in [2.05, 4.69) is 23.7 Å². The Morgan fingerprint density at radius 2 is 1.64 bits per heavy atom. The molecule has 1 amide bonds. The van der Waals surface area contributed by atoms with E-state index < -0.39 is 0 Å². The third-order valence-electron chi connectivity index (χ3n) is 5.61. The van der Waals surface area contributed by atoms with E-state index in [9.17, 15) is 9.59 Å². The van der Waals surface area contributed by atoms with Crippen LogP contribution in [-0.2, 0) is 13.0 Å². The van der Waals surface area contributed by atoms with Gasteiger partial charge in [0.05, 0.1) is 0 Å². The Kier molecular flexibility index (Phi) is 7.61. The van der Waals surface area contributed by atoms with E-state index in [-0.39, 0.29) is 16.9 Å². The summed E-state index contributed by atoms with van der Waals surface area (Å²) in [5, 5.41) is 2.99. The molecule has 0 saturated carbocycles. The number of aryl methyl sites for hydroxylation is 2. The number of aromatic nitrogens is 1. The Morgan fingerprint density at radius 3 is 2.21 bits per heavy atom. The SMILES string of the molecule is CCCCCCn1c(C)c(C(=O)Nc2c(C)cccc2C)c(=O)c(C)c1CC. The van der Waals surface area contributed by atoms with Crippen LogP contribution in [0.3, 0.4) is 0 Å². The molecule has 28 heavy (non-hydrogen) atoms. The van der Waals surface area contributed by atoms with Crippen LogP contribution in [0.4, 0.5) is 5.69 Å². The number of amides is 1. The number of nitrogens with one attached hydrogen (secondary N) is 1. The molecule has 1 aromatic carbocycles. The normalized spacial score (nSPS) is 10.9. The van der Waals surface area contributed by atoms with Gasteiger partial charge in [0.2, 0.25) is 0 Å². The summed E-state index contributed by atoms with van der Waals surface area (Å²) < 4.78 is 2.19. The minimum Gasteiger partial charge on any atom is -0.348 e. The van der Waals surface area contributed by atoms with Gasteiger partial charge in [0, 0.05) is 29.2 Å². The van der Waals surface area contributed by atoms with Gasteiger partial charge in [0.1, 0.15) is 5.56 Å². The van der Waals surface area contributed by atoms with Crippen LogP contribution in [0.5, 0.6) is 0 Å². The minimum absolute atomic E-state index is 0.150. The molecule has 1 N–H and O–H groups in total. The third-order valence-corrected chi connectivity index (χ3v) is 5.61. The number of hydrogen-bond donors (Lipinski definition) is 1. The van der Waals surface area contributed by atoms with E-state index in [1.165, 1.54) is 12.8 Å². The number of unbranched alkanes of at least 4 members (excludes halogenated alkanes) is 3. The Balaban J connectivity index is 2.47. The van der Waals surface area contributed by atoms with Gasteiger partial charge in [-0.2, -0.15) is 0 Å². The number of carbonyl (C=O) groups excluding carboxylic acids is 1. The maximum absolute atomic E-state index is 13.1. The van der Waals surface area contributed by atoms with Gasteiger partial charge in [-0.05, 0) is 51.7 Å². The molecule has 2 rings (SSSR count). The average molecular weight is 383 g/mol. The zero-order valence-electron chi connectivity index (χ0n) is 18.2. The molecule has 2 aromatic rings. The second-order valence-corrected chi connectivity index (χ2v) is 7.65. The minimum atomic E-state index is -0.312. The molecule has 0 saturated heterocycles. The summed E-state index contributed by atoms with van der Waals surface area (Å²) in [5.74, 6) is -0.312. The Hall–Kier alpha value is -2.36. The number of carbonyl (C=O) groups is 1. The van der Waals surface area contributed by atoms with Crippen LogP contribution in [0, 0.1) is 27.7 Å². The van der Waals surface area contributed by atoms with Crippen LogP contribution in [-0.4, -0.2) is 10.5 Å². The highest BCUT2D eigenvalue weighted by atomic mass is 16.2. The fourth-order valence-electron chi connectivity index (χ4n) is 3.93. The molecule has 0 atom stereocenters. The molecule has 152 valence electrons. The molecule has 1 heterocycles. The number of para-hydroxylation sites is 1. The molecule has 0 aliphatic rings. The van der Waals surface area contributed by atoms with E-state index in [1.54, 1.807) is 0 Å². The molecule has 0 bridgehead atoms. The van der Waals surface area contributed by atoms with Crippen molar-refractivity contribution in [2.75, 3.05) is 5.32 Å². The lowest BCUT2D eigenvalue weighted by Gasteiger charge is -2.21. The molecule has 0 fully saturated rings. The number of hydrogen-bond acceptors (Lipinski definition) is 2. The Bertz CT molecular complexity index is 890. The van der Waals surface area contributed by atoms with Gasteiger partial charge in [-0.15, -0.1) is 0 Å². The van der Waals surface area contributed by atoms with Gasteiger partial charge >= 0.3 is 0 Å². The smallest absolute Gasteiger partial charge is 0.261 e. The molecule has 0 aliphatic heterocycles. The van der Waals surface area contributed by atoms with Crippen LogP contribution in [0.1, 0.15) is 78.0 Å². The molecular formula is C24H34N2O2. The van der Waals surface area contributed by atoms with Crippen LogP contribution in [0.2, 0.25) is 0 Å². The number of rotatable bonds is 8. The topological polar surface area (TPSA) is 51.1 Å². The van der Waals surface area contributed by atoms with Crippen LogP contribution in [0.25, 0.3) is 0 Å². The molecule has 0 radical (unpaired) electrons. The summed E-state index contributed by atoms with van der Waals surface area (Å²) in [6.45, 7) is 12.8. The van der Waals surface area contributed by atoms with Crippen molar-refractivity contribution < 1.29 is 4.79 Å². The van der Waals surface area contributed by atoms with E-state index in [4.69, 9.17) is 0 Å². The predicted octanol–water partition coefficient (Wildman–Crippen LogP) is 5.48. The van der Waals surface area contributed by atoms with Gasteiger partial charge in [-0.1, -0.05) is 51.3 Å². The molecular weight excluding hydrogens is 348 g/mol. The Morgan fingerprint density at radius 1 is 1.00 bits per heavy atom. The average Bonchev–Trinajstić information content (AvgIpc) is 2.66. The highest BCUT2D eigenvalue weighted by Gasteiger charge is 2.22. The largest absolute Gasteiger partial charge is 0.348 e. The second-order valence-electron chi connectivity index (χ2n) is 7.65. The maximum Gasteiger partial charge on any atom is 0.261 e.